The largest absolute Gasteiger partial charge is 0.381 e. The summed E-state index contributed by atoms with van der Waals surface area (Å²) >= 11 is 0. The van der Waals surface area contributed by atoms with Crippen LogP contribution in [0.15, 0.2) is 18.2 Å². The van der Waals surface area contributed by atoms with Crippen LogP contribution in [0.25, 0.3) is 0 Å². The van der Waals surface area contributed by atoms with Crippen LogP contribution in [-0.2, 0) is 11.3 Å². The summed E-state index contributed by atoms with van der Waals surface area (Å²) in [7, 11) is 2.17. The quantitative estimate of drug-likeness (QED) is 0.861. The third-order valence-corrected chi connectivity index (χ3v) is 3.86. The van der Waals surface area contributed by atoms with E-state index in [0.717, 1.165) is 50.7 Å². The second-order valence-corrected chi connectivity index (χ2v) is 5.75. The van der Waals surface area contributed by atoms with E-state index >= 15 is 0 Å². The molecule has 0 aromatic carbocycles. The topological polar surface area (TPSA) is 37.4 Å². The van der Waals surface area contributed by atoms with Crippen LogP contribution in [0, 0.1) is 12.8 Å². The molecule has 112 valence electrons. The van der Waals surface area contributed by atoms with Crippen molar-refractivity contribution in [1.82, 2.24) is 15.2 Å². The Hall–Kier alpha value is -0.970. The van der Waals surface area contributed by atoms with Gasteiger partial charge in [0.1, 0.15) is 0 Å². The maximum atomic E-state index is 5.65. The summed E-state index contributed by atoms with van der Waals surface area (Å²) in [5.41, 5.74) is 2.23. The highest BCUT2D eigenvalue weighted by Crippen LogP contribution is 2.16. The van der Waals surface area contributed by atoms with Gasteiger partial charge in [-0.25, -0.2) is 0 Å². The average molecular weight is 277 g/mol. The molecule has 0 bridgehead atoms. The molecule has 1 aliphatic heterocycles. The summed E-state index contributed by atoms with van der Waals surface area (Å²) in [5, 5.41) is 3.59. The van der Waals surface area contributed by atoms with Gasteiger partial charge in [-0.15, -0.1) is 0 Å². The van der Waals surface area contributed by atoms with Gasteiger partial charge in [-0.05, 0) is 39.1 Å². The van der Waals surface area contributed by atoms with Crippen LogP contribution in [0.1, 0.15) is 24.7 Å². The fourth-order valence-corrected chi connectivity index (χ4v) is 2.94. The van der Waals surface area contributed by atoms with Crippen molar-refractivity contribution in [2.75, 3.05) is 33.4 Å². The summed E-state index contributed by atoms with van der Waals surface area (Å²) in [4.78, 5) is 6.93. The molecule has 2 unspecified atom stereocenters. The lowest BCUT2D eigenvalue weighted by atomic mass is 9.95. The molecule has 2 heterocycles. The molecule has 0 saturated carbocycles. The van der Waals surface area contributed by atoms with E-state index in [4.69, 9.17) is 4.74 Å². The van der Waals surface area contributed by atoms with Gasteiger partial charge in [-0.1, -0.05) is 13.0 Å². The second kappa shape index (κ2) is 7.72. The van der Waals surface area contributed by atoms with Crippen LogP contribution >= 0.6 is 0 Å². The monoisotopic (exact) mass is 277 g/mol. The molecular weight excluding hydrogens is 250 g/mol. The van der Waals surface area contributed by atoms with Crippen LogP contribution in [0.5, 0.6) is 0 Å². The minimum Gasteiger partial charge on any atom is -0.381 e. The predicted octanol–water partition coefficient (Wildman–Crippen LogP) is 1.84. The third-order valence-electron chi connectivity index (χ3n) is 3.86. The highest BCUT2D eigenvalue weighted by atomic mass is 16.5. The van der Waals surface area contributed by atoms with Gasteiger partial charge in [-0.2, -0.15) is 0 Å². The Morgan fingerprint density at radius 1 is 1.45 bits per heavy atom. The first-order valence-electron chi connectivity index (χ1n) is 7.61. The number of rotatable bonds is 6. The van der Waals surface area contributed by atoms with Gasteiger partial charge in [0.2, 0.25) is 0 Å². The van der Waals surface area contributed by atoms with Crippen LogP contribution in [0.2, 0.25) is 0 Å². The summed E-state index contributed by atoms with van der Waals surface area (Å²) in [6.07, 6.45) is 1.12. The van der Waals surface area contributed by atoms with E-state index in [1.807, 2.05) is 13.0 Å². The van der Waals surface area contributed by atoms with E-state index in [2.05, 4.69) is 41.3 Å². The van der Waals surface area contributed by atoms with Crippen molar-refractivity contribution in [1.29, 1.82) is 0 Å². The lowest BCUT2D eigenvalue weighted by Crippen LogP contribution is -2.47. The third kappa shape index (κ3) is 4.54. The van der Waals surface area contributed by atoms with Crippen LogP contribution in [-0.4, -0.2) is 49.3 Å². The number of aryl methyl sites for hydroxylation is 1. The van der Waals surface area contributed by atoms with E-state index in [-0.39, 0.29) is 0 Å². The van der Waals surface area contributed by atoms with Crippen molar-refractivity contribution in [3.05, 3.63) is 29.6 Å². The maximum Gasteiger partial charge on any atom is 0.0547 e. The highest BCUT2D eigenvalue weighted by molar-refractivity contribution is 5.09. The fraction of sp³-hybridized carbons (Fsp3) is 0.688. The summed E-state index contributed by atoms with van der Waals surface area (Å²) in [5.74, 6) is 0.568. The SMILES string of the molecule is CCNC1CCOCC1CN(C)Cc1cccc(C)n1. The first-order chi connectivity index (χ1) is 9.69. The normalized spacial score (nSPS) is 23.2. The van der Waals surface area contributed by atoms with Gasteiger partial charge in [0, 0.05) is 37.4 Å². The van der Waals surface area contributed by atoms with Gasteiger partial charge in [0.25, 0.3) is 0 Å². The lowest BCUT2D eigenvalue weighted by molar-refractivity contribution is 0.0192. The number of aromatic nitrogens is 1. The van der Waals surface area contributed by atoms with E-state index in [1.54, 1.807) is 0 Å². The maximum absolute atomic E-state index is 5.65. The molecule has 4 heteroatoms. The number of ether oxygens (including phenoxy) is 1. The first-order valence-corrected chi connectivity index (χ1v) is 7.61. The van der Waals surface area contributed by atoms with E-state index in [9.17, 15) is 0 Å². The van der Waals surface area contributed by atoms with Crippen molar-refractivity contribution in [3.63, 3.8) is 0 Å². The Bertz CT molecular complexity index is 408. The predicted molar refractivity (Wildman–Crippen MR) is 81.7 cm³/mol. The molecule has 20 heavy (non-hydrogen) atoms. The number of hydrogen-bond acceptors (Lipinski definition) is 4. The van der Waals surface area contributed by atoms with Crippen molar-refractivity contribution in [3.8, 4) is 0 Å². The molecule has 1 aromatic heterocycles. The second-order valence-electron chi connectivity index (χ2n) is 5.75. The van der Waals surface area contributed by atoms with Crippen LogP contribution in [0.4, 0.5) is 0 Å². The molecule has 1 aromatic rings. The summed E-state index contributed by atoms with van der Waals surface area (Å²) < 4.78 is 5.65. The molecular formula is C16H27N3O. The Labute approximate surface area is 122 Å². The van der Waals surface area contributed by atoms with E-state index in [1.165, 1.54) is 0 Å². The van der Waals surface area contributed by atoms with Crippen LogP contribution < -0.4 is 5.32 Å². The first kappa shape index (κ1) is 15.4. The fourth-order valence-electron chi connectivity index (χ4n) is 2.94. The number of pyridine rings is 1. The van der Waals surface area contributed by atoms with Gasteiger partial charge >= 0.3 is 0 Å². The molecule has 1 N–H and O–H groups in total. The zero-order valence-corrected chi connectivity index (χ0v) is 12.9. The molecule has 0 spiro atoms. The Balaban J connectivity index is 1.87. The Morgan fingerprint density at radius 3 is 3.05 bits per heavy atom. The van der Waals surface area contributed by atoms with Gasteiger partial charge < -0.3 is 15.0 Å². The Kier molecular flexibility index (Phi) is 5.95. The molecule has 1 aliphatic rings. The summed E-state index contributed by atoms with van der Waals surface area (Å²) in [6, 6.07) is 6.81. The highest BCUT2D eigenvalue weighted by Gasteiger charge is 2.26. The number of nitrogens with zero attached hydrogens (tertiary/aromatic N) is 2. The zero-order chi connectivity index (χ0) is 14.4. The van der Waals surface area contributed by atoms with Gasteiger partial charge in [-0.3, -0.25) is 4.98 Å². The minimum absolute atomic E-state index is 0.568. The van der Waals surface area contributed by atoms with E-state index < -0.39 is 0 Å². The lowest BCUT2D eigenvalue weighted by Gasteiger charge is -2.34. The van der Waals surface area contributed by atoms with E-state index in [0.29, 0.717) is 12.0 Å². The average Bonchev–Trinajstić information content (AvgIpc) is 2.41. The molecule has 2 rings (SSSR count). The van der Waals surface area contributed by atoms with Crippen molar-refractivity contribution in [2.45, 2.75) is 32.9 Å². The van der Waals surface area contributed by atoms with Gasteiger partial charge in [0.15, 0.2) is 0 Å². The summed E-state index contributed by atoms with van der Waals surface area (Å²) in [6.45, 7) is 8.95. The minimum atomic E-state index is 0.568. The molecule has 4 nitrogen and oxygen atoms in total. The van der Waals surface area contributed by atoms with Crippen molar-refractivity contribution < 1.29 is 4.74 Å². The van der Waals surface area contributed by atoms with Crippen molar-refractivity contribution in [2.24, 2.45) is 5.92 Å². The van der Waals surface area contributed by atoms with Crippen LogP contribution in [0.3, 0.4) is 0 Å². The molecule has 0 aliphatic carbocycles. The number of hydrogen-bond donors (Lipinski definition) is 1. The zero-order valence-electron chi connectivity index (χ0n) is 12.9. The molecule has 1 saturated heterocycles. The smallest absolute Gasteiger partial charge is 0.0547 e. The Morgan fingerprint density at radius 2 is 2.30 bits per heavy atom. The molecule has 1 fully saturated rings. The molecule has 0 radical (unpaired) electrons. The molecule has 0 amide bonds. The number of nitrogens with one attached hydrogen (secondary N) is 1. The van der Waals surface area contributed by atoms with Crippen molar-refractivity contribution >= 4 is 0 Å². The molecule has 2 atom stereocenters. The van der Waals surface area contributed by atoms with Gasteiger partial charge in [0.05, 0.1) is 12.3 Å². The standard InChI is InChI=1S/C16H27N3O/c1-4-17-16-8-9-20-12-14(16)10-19(3)11-15-7-5-6-13(2)18-15/h5-7,14,16-17H,4,8-12H2,1-3H3.